The van der Waals surface area contributed by atoms with Crippen LogP contribution in [-0.2, 0) is 11.2 Å². The quantitative estimate of drug-likeness (QED) is 0.456. The van der Waals surface area contributed by atoms with Crippen molar-refractivity contribution in [2.24, 2.45) is 5.92 Å². The zero-order chi connectivity index (χ0) is 28.0. The van der Waals surface area contributed by atoms with E-state index in [4.69, 9.17) is 0 Å². The van der Waals surface area contributed by atoms with Crippen molar-refractivity contribution >= 4 is 22.7 Å². The highest BCUT2D eigenvalue weighted by molar-refractivity contribution is 5.99. The van der Waals surface area contributed by atoms with Gasteiger partial charge in [-0.25, -0.2) is 4.39 Å². The van der Waals surface area contributed by atoms with E-state index in [1.54, 1.807) is 24.9 Å². The number of nitrogens with zero attached hydrogens (tertiary/aromatic N) is 5. The van der Waals surface area contributed by atoms with Gasteiger partial charge in [0.25, 0.3) is 5.91 Å². The minimum absolute atomic E-state index is 0.00579. The lowest BCUT2D eigenvalue weighted by Gasteiger charge is -2.49. The summed E-state index contributed by atoms with van der Waals surface area (Å²) in [6.45, 7) is 12.7. The Hall–Kier alpha value is -3.26. The number of amides is 2. The van der Waals surface area contributed by atoms with E-state index in [1.165, 1.54) is 17.7 Å². The molecule has 4 heterocycles. The van der Waals surface area contributed by atoms with Gasteiger partial charge in [0.2, 0.25) is 5.91 Å². The van der Waals surface area contributed by atoms with Crippen LogP contribution >= 0.6 is 0 Å². The van der Waals surface area contributed by atoms with Gasteiger partial charge in [0.15, 0.2) is 0 Å². The number of aryl methyl sites for hydroxylation is 1. The number of hydrogen-bond acceptors (Lipinski definition) is 4. The lowest BCUT2D eigenvalue weighted by atomic mass is 9.87. The van der Waals surface area contributed by atoms with Crippen LogP contribution in [0.1, 0.15) is 62.0 Å². The number of likely N-dealkylation sites (tertiary alicyclic amines) is 2. The van der Waals surface area contributed by atoms with Crippen LogP contribution < -0.4 is 0 Å². The Morgan fingerprint density at radius 3 is 2.62 bits per heavy atom. The summed E-state index contributed by atoms with van der Waals surface area (Å²) in [6, 6.07) is 5.27. The van der Waals surface area contributed by atoms with E-state index in [2.05, 4.69) is 29.9 Å². The molecule has 2 fully saturated rings. The van der Waals surface area contributed by atoms with Gasteiger partial charge in [0, 0.05) is 69.5 Å². The number of hydrogen-bond donors (Lipinski definition) is 0. The van der Waals surface area contributed by atoms with Crippen molar-refractivity contribution in [2.45, 2.75) is 72.0 Å². The van der Waals surface area contributed by atoms with Crippen molar-refractivity contribution in [3.8, 4) is 5.69 Å². The lowest BCUT2D eigenvalue weighted by Crippen LogP contribution is -2.57. The molecule has 0 unspecified atom stereocenters. The first kappa shape index (κ1) is 27.3. The Kier molecular flexibility index (Phi) is 7.51. The second-order valence-electron chi connectivity index (χ2n) is 11.8. The molecule has 0 spiro atoms. The maximum Gasteiger partial charge on any atom is 0.256 e. The fraction of sp³-hybridized carbons (Fsp3) is 0.516. The summed E-state index contributed by atoms with van der Waals surface area (Å²) >= 11 is 0. The average molecular weight is 534 g/mol. The number of aromatic nitrogens is 2. The van der Waals surface area contributed by atoms with Gasteiger partial charge in [-0.2, -0.15) is 0 Å². The maximum atomic E-state index is 14.4. The van der Waals surface area contributed by atoms with Crippen LogP contribution in [0, 0.1) is 18.7 Å². The molecule has 0 radical (unpaired) electrons. The number of rotatable bonds is 6. The van der Waals surface area contributed by atoms with E-state index < -0.39 is 5.82 Å². The van der Waals surface area contributed by atoms with E-state index >= 15 is 0 Å². The van der Waals surface area contributed by atoms with Gasteiger partial charge in [-0.1, -0.05) is 0 Å². The summed E-state index contributed by atoms with van der Waals surface area (Å²) in [4.78, 5) is 35.9. The first-order chi connectivity index (χ1) is 18.5. The third-order valence-corrected chi connectivity index (χ3v) is 8.79. The van der Waals surface area contributed by atoms with E-state index in [1.807, 2.05) is 35.7 Å². The van der Waals surface area contributed by atoms with Gasteiger partial charge in [0.1, 0.15) is 5.82 Å². The summed E-state index contributed by atoms with van der Waals surface area (Å²) in [6.07, 6.45) is 8.84. The van der Waals surface area contributed by atoms with Crippen molar-refractivity contribution in [1.82, 2.24) is 24.3 Å². The highest BCUT2D eigenvalue weighted by atomic mass is 19.1. The minimum atomic E-state index is -0.428. The second kappa shape index (κ2) is 10.7. The van der Waals surface area contributed by atoms with E-state index in [-0.39, 0.29) is 23.9 Å². The molecular weight excluding hydrogens is 493 g/mol. The number of benzene rings is 1. The zero-order valence-electron chi connectivity index (χ0n) is 23.9. The molecule has 0 aliphatic carbocycles. The monoisotopic (exact) mass is 533 g/mol. The topological polar surface area (TPSA) is 61.7 Å². The van der Waals surface area contributed by atoms with Crippen molar-refractivity contribution < 1.29 is 14.0 Å². The predicted octanol–water partition coefficient (Wildman–Crippen LogP) is 4.83. The molecule has 3 aromatic rings. The molecule has 0 bridgehead atoms. The summed E-state index contributed by atoms with van der Waals surface area (Å²) in [5.41, 5.74) is 4.27. The Labute approximate surface area is 230 Å². The number of carbonyl (C=O) groups excluding carboxylic acids is 2. The van der Waals surface area contributed by atoms with Crippen LogP contribution in [0.25, 0.3) is 16.6 Å². The average Bonchev–Trinajstić information content (AvgIpc) is 3.24. The molecule has 8 heteroatoms. The fourth-order valence-corrected chi connectivity index (χ4v) is 6.40. The SMILES string of the molecule is CC(=O)N1CC[C@H](N2CC(Cc3cn(-c4ccc(F)cc4C(=O)N(C)C(C)C)c4cncc(C)c34)C2)C[C@@H]1C. The van der Waals surface area contributed by atoms with Gasteiger partial charge < -0.3 is 14.4 Å². The van der Waals surface area contributed by atoms with Crippen LogP contribution in [-0.4, -0.2) is 80.9 Å². The highest BCUT2D eigenvalue weighted by Crippen LogP contribution is 2.34. The fourth-order valence-electron chi connectivity index (χ4n) is 6.40. The molecule has 5 rings (SSSR count). The zero-order valence-corrected chi connectivity index (χ0v) is 23.9. The van der Waals surface area contributed by atoms with E-state index in [0.29, 0.717) is 23.2 Å². The van der Waals surface area contributed by atoms with Crippen LogP contribution in [0.2, 0.25) is 0 Å². The van der Waals surface area contributed by atoms with Crippen molar-refractivity contribution in [3.63, 3.8) is 0 Å². The molecule has 2 saturated heterocycles. The first-order valence-electron chi connectivity index (χ1n) is 14.1. The number of pyridine rings is 1. The van der Waals surface area contributed by atoms with Crippen LogP contribution in [0.3, 0.4) is 0 Å². The molecule has 2 aliphatic rings. The Bertz CT molecular complexity index is 1390. The van der Waals surface area contributed by atoms with Crippen LogP contribution in [0.15, 0.2) is 36.8 Å². The molecule has 2 aromatic heterocycles. The number of piperidine rings is 1. The molecule has 0 saturated carbocycles. The molecule has 39 heavy (non-hydrogen) atoms. The van der Waals surface area contributed by atoms with Crippen LogP contribution in [0.4, 0.5) is 4.39 Å². The third kappa shape index (κ3) is 5.19. The van der Waals surface area contributed by atoms with Gasteiger partial charge in [-0.05, 0) is 82.2 Å². The van der Waals surface area contributed by atoms with Crippen molar-refractivity contribution in [3.05, 3.63) is 59.3 Å². The maximum absolute atomic E-state index is 14.4. The normalized spacial score (nSPS) is 20.5. The van der Waals surface area contributed by atoms with Crippen molar-refractivity contribution in [2.75, 3.05) is 26.7 Å². The predicted molar refractivity (Wildman–Crippen MR) is 152 cm³/mol. The van der Waals surface area contributed by atoms with Gasteiger partial charge >= 0.3 is 0 Å². The molecule has 7 nitrogen and oxygen atoms in total. The van der Waals surface area contributed by atoms with E-state index in [9.17, 15) is 14.0 Å². The Balaban J connectivity index is 1.40. The largest absolute Gasteiger partial charge is 0.340 e. The van der Waals surface area contributed by atoms with Gasteiger partial charge in [0.05, 0.1) is 23.0 Å². The summed E-state index contributed by atoms with van der Waals surface area (Å²) < 4.78 is 16.4. The number of halogens is 1. The molecule has 1 aromatic carbocycles. The van der Waals surface area contributed by atoms with Crippen LogP contribution in [0.5, 0.6) is 0 Å². The molecule has 208 valence electrons. The number of carbonyl (C=O) groups is 2. The van der Waals surface area contributed by atoms with Crippen molar-refractivity contribution in [1.29, 1.82) is 0 Å². The minimum Gasteiger partial charge on any atom is -0.340 e. The second-order valence-corrected chi connectivity index (χ2v) is 11.8. The molecular formula is C31H40FN5O2. The molecule has 2 atom stereocenters. The molecule has 2 amide bonds. The van der Waals surface area contributed by atoms with E-state index in [0.717, 1.165) is 55.4 Å². The molecule has 0 N–H and O–H groups in total. The first-order valence-corrected chi connectivity index (χ1v) is 14.1. The standard InChI is InChI=1S/C31H40FN5O2/c1-19(2)34(6)31(39)27-13-25(32)7-8-28(27)37-18-24(30-20(3)14-33-15-29(30)37)12-23-16-35(17-23)26-9-10-36(22(5)38)21(4)11-26/h7-8,13-15,18-19,21,23,26H,9-12,16-17H2,1-6H3/t21-,26-/m0/s1. The lowest BCUT2D eigenvalue weighted by molar-refractivity contribution is -0.133. The Morgan fingerprint density at radius 2 is 1.95 bits per heavy atom. The Morgan fingerprint density at radius 1 is 1.21 bits per heavy atom. The summed E-state index contributed by atoms with van der Waals surface area (Å²) in [5, 5.41) is 1.16. The molecule has 2 aliphatic heterocycles. The third-order valence-electron chi connectivity index (χ3n) is 8.79. The smallest absolute Gasteiger partial charge is 0.256 e. The highest BCUT2D eigenvalue weighted by Gasteiger charge is 2.37. The summed E-state index contributed by atoms with van der Waals surface area (Å²) in [7, 11) is 1.75. The van der Waals surface area contributed by atoms with Gasteiger partial charge in [-0.3, -0.25) is 19.5 Å². The number of fused-ring (bicyclic) bond motifs is 1. The summed E-state index contributed by atoms with van der Waals surface area (Å²) in [5.74, 6) is 0.0798. The van der Waals surface area contributed by atoms with Gasteiger partial charge in [-0.15, -0.1) is 0 Å².